The smallest absolute Gasteiger partial charge is 0.0615 e. The highest BCUT2D eigenvalue weighted by atomic mass is 16.5. The fraction of sp³-hybridized carbons (Fsp3) is 0.643. The number of rotatable bonds is 7. The molecule has 1 aromatic rings. The Kier molecular flexibility index (Phi) is 6.25. The normalized spacial score (nSPS) is 14.8. The summed E-state index contributed by atoms with van der Waals surface area (Å²) in [5, 5.41) is 0. The third-order valence-corrected chi connectivity index (χ3v) is 3.28. The number of nitrogens with two attached hydrogens (primary N) is 1. The summed E-state index contributed by atoms with van der Waals surface area (Å²) in [5.74, 6) is 0. The molecule has 0 bridgehead atoms. The zero-order chi connectivity index (χ0) is 13.5. The van der Waals surface area contributed by atoms with Gasteiger partial charge in [0.2, 0.25) is 0 Å². The zero-order valence-corrected chi connectivity index (χ0v) is 11.9. The fourth-order valence-electron chi connectivity index (χ4n) is 2.32. The molecular weight excluding hydrogens is 226 g/mol. The molecule has 0 aliphatic carbocycles. The number of aromatic nitrogens is 1. The van der Waals surface area contributed by atoms with Crippen LogP contribution in [0.2, 0.25) is 0 Å². The lowest BCUT2D eigenvalue weighted by molar-refractivity contribution is 0.0750. The van der Waals surface area contributed by atoms with E-state index < -0.39 is 0 Å². The van der Waals surface area contributed by atoms with Crippen molar-refractivity contribution >= 4 is 0 Å². The maximum Gasteiger partial charge on any atom is 0.0615 e. The van der Waals surface area contributed by atoms with Gasteiger partial charge in [-0.05, 0) is 32.0 Å². The third-order valence-electron chi connectivity index (χ3n) is 3.28. The van der Waals surface area contributed by atoms with Crippen LogP contribution in [0.25, 0.3) is 0 Å². The molecule has 0 aliphatic rings. The van der Waals surface area contributed by atoms with Crippen molar-refractivity contribution < 1.29 is 4.74 Å². The van der Waals surface area contributed by atoms with E-state index in [0.717, 1.165) is 12.2 Å². The Morgan fingerprint density at radius 1 is 1.44 bits per heavy atom. The maximum absolute atomic E-state index is 5.94. The molecule has 2 N–H and O–H groups in total. The number of hydrogen-bond acceptors (Lipinski definition) is 4. The van der Waals surface area contributed by atoms with Crippen molar-refractivity contribution in [2.45, 2.75) is 32.9 Å². The Bertz CT molecular complexity index is 339. The average Bonchev–Trinajstić information content (AvgIpc) is 2.37. The van der Waals surface area contributed by atoms with E-state index in [0.29, 0.717) is 19.2 Å². The lowest BCUT2D eigenvalue weighted by Crippen LogP contribution is -2.42. The standard InChI is InChI=1S/C14H25N3O/c1-5-17(12(3)10-18-4)14(8-15)13-7-6-11(2)16-9-13/h6-7,9,12,14H,5,8,10,15H2,1-4H3. The molecule has 1 rings (SSSR count). The van der Waals surface area contributed by atoms with E-state index >= 15 is 0 Å². The van der Waals surface area contributed by atoms with Gasteiger partial charge in [0.05, 0.1) is 6.61 Å². The molecule has 1 heterocycles. The van der Waals surface area contributed by atoms with Crippen LogP contribution < -0.4 is 5.73 Å². The van der Waals surface area contributed by atoms with Crippen LogP contribution in [0.5, 0.6) is 0 Å². The Labute approximate surface area is 110 Å². The summed E-state index contributed by atoms with van der Waals surface area (Å²) >= 11 is 0. The number of aryl methyl sites for hydroxylation is 1. The molecule has 0 saturated carbocycles. The number of likely N-dealkylation sites (N-methyl/N-ethyl adjacent to an activating group) is 1. The Morgan fingerprint density at radius 3 is 2.61 bits per heavy atom. The fourth-order valence-corrected chi connectivity index (χ4v) is 2.32. The zero-order valence-electron chi connectivity index (χ0n) is 11.9. The predicted molar refractivity (Wildman–Crippen MR) is 74.5 cm³/mol. The number of nitrogens with zero attached hydrogens (tertiary/aromatic N) is 2. The lowest BCUT2D eigenvalue weighted by atomic mass is 10.1. The molecular formula is C14H25N3O. The first-order chi connectivity index (χ1) is 8.63. The summed E-state index contributed by atoms with van der Waals surface area (Å²) in [6.07, 6.45) is 1.93. The maximum atomic E-state index is 5.94. The number of ether oxygens (including phenoxy) is 1. The summed E-state index contributed by atoms with van der Waals surface area (Å²) < 4.78 is 5.24. The van der Waals surface area contributed by atoms with E-state index in [2.05, 4.69) is 29.8 Å². The molecule has 2 unspecified atom stereocenters. The number of hydrogen-bond donors (Lipinski definition) is 1. The minimum Gasteiger partial charge on any atom is -0.383 e. The van der Waals surface area contributed by atoms with Gasteiger partial charge in [-0.1, -0.05) is 13.0 Å². The molecule has 0 aliphatic heterocycles. The van der Waals surface area contributed by atoms with E-state index in [1.165, 1.54) is 5.56 Å². The van der Waals surface area contributed by atoms with E-state index in [1.54, 1.807) is 7.11 Å². The largest absolute Gasteiger partial charge is 0.383 e. The van der Waals surface area contributed by atoms with Crippen molar-refractivity contribution in [1.82, 2.24) is 9.88 Å². The van der Waals surface area contributed by atoms with Crippen LogP contribution in [-0.2, 0) is 4.74 Å². The van der Waals surface area contributed by atoms with Crippen molar-refractivity contribution in [3.05, 3.63) is 29.6 Å². The average molecular weight is 251 g/mol. The molecule has 102 valence electrons. The highest BCUT2D eigenvalue weighted by molar-refractivity contribution is 5.18. The SMILES string of the molecule is CCN(C(C)COC)C(CN)c1ccc(C)nc1. The second-order valence-corrected chi connectivity index (χ2v) is 4.62. The highest BCUT2D eigenvalue weighted by Crippen LogP contribution is 2.21. The van der Waals surface area contributed by atoms with E-state index in [-0.39, 0.29) is 6.04 Å². The first-order valence-corrected chi connectivity index (χ1v) is 6.51. The summed E-state index contributed by atoms with van der Waals surface area (Å²) in [6.45, 7) is 8.55. The summed E-state index contributed by atoms with van der Waals surface area (Å²) in [6, 6.07) is 4.69. The Morgan fingerprint density at radius 2 is 2.17 bits per heavy atom. The van der Waals surface area contributed by atoms with Crippen LogP contribution >= 0.6 is 0 Å². The van der Waals surface area contributed by atoms with Gasteiger partial charge >= 0.3 is 0 Å². The topological polar surface area (TPSA) is 51.4 Å². The van der Waals surface area contributed by atoms with Gasteiger partial charge in [0.25, 0.3) is 0 Å². The quantitative estimate of drug-likeness (QED) is 0.802. The minimum absolute atomic E-state index is 0.202. The van der Waals surface area contributed by atoms with E-state index in [9.17, 15) is 0 Å². The van der Waals surface area contributed by atoms with Gasteiger partial charge in [-0.25, -0.2) is 0 Å². The van der Waals surface area contributed by atoms with E-state index in [1.807, 2.05) is 19.2 Å². The van der Waals surface area contributed by atoms with Gasteiger partial charge in [-0.3, -0.25) is 9.88 Å². The minimum atomic E-state index is 0.202. The number of pyridine rings is 1. The molecule has 18 heavy (non-hydrogen) atoms. The predicted octanol–water partition coefficient (Wildman–Crippen LogP) is 1.75. The van der Waals surface area contributed by atoms with Crippen LogP contribution in [-0.4, -0.2) is 42.7 Å². The molecule has 0 spiro atoms. The molecule has 4 heteroatoms. The van der Waals surface area contributed by atoms with Gasteiger partial charge < -0.3 is 10.5 Å². The van der Waals surface area contributed by atoms with Gasteiger partial charge in [-0.15, -0.1) is 0 Å². The van der Waals surface area contributed by atoms with Crippen molar-refractivity contribution in [2.24, 2.45) is 5.73 Å². The molecule has 1 aromatic heterocycles. The molecule has 0 saturated heterocycles. The second-order valence-electron chi connectivity index (χ2n) is 4.62. The van der Waals surface area contributed by atoms with Crippen LogP contribution in [0.15, 0.2) is 18.3 Å². The molecule has 0 amide bonds. The molecule has 2 atom stereocenters. The molecule has 0 fully saturated rings. The van der Waals surface area contributed by atoms with Crippen molar-refractivity contribution in [3.63, 3.8) is 0 Å². The first kappa shape index (κ1) is 15.1. The van der Waals surface area contributed by atoms with Gasteiger partial charge in [0, 0.05) is 37.6 Å². The molecule has 0 aromatic carbocycles. The summed E-state index contributed by atoms with van der Waals surface area (Å²) in [7, 11) is 1.73. The van der Waals surface area contributed by atoms with E-state index in [4.69, 9.17) is 10.5 Å². The van der Waals surface area contributed by atoms with Crippen LogP contribution in [0, 0.1) is 6.92 Å². The Hall–Kier alpha value is -0.970. The van der Waals surface area contributed by atoms with Crippen molar-refractivity contribution in [3.8, 4) is 0 Å². The highest BCUT2D eigenvalue weighted by Gasteiger charge is 2.22. The lowest BCUT2D eigenvalue weighted by Gasteiger charge is -2.34. The van der Waals surface area contributed by atoms with Crippen molar-refractivity contribution in [2.75, 3.05) is 26.8 Å². The van der Waals surface area contributed by atoms with Gasteiger partial charge in [0.15, 0.2) is 0 Å². The van der Waals surface area contributed by atoms with Crippen LogP contribution in [0.3, 0.4) is 0 Å². The monoisotopic (exact) mass is 251 g/mol. The Balaban J connectivity index is 2.88. The van der Waals surface area contributed by atoms with Crippen LogP contribution in [0.1, 0.15) is 31.1 Å². The first-order valence-electron chi connectivity index (χ1n) is 6.51. The third kappa shape index (κ3) is 3.77. The second kappa shape index (κ2) is 7.46. The number of methoxy groups -OCH3 is 1. The molecule has 4 nitrogen and oxygen atoms in total. The van der Waals surface area contributed by atoms with Crippen LogP contribution in [0.4, 0.5) is 0 Å². The van der Waals surface area contributed by atoms with Crippen molar-refractivity contribution in [1.29, 1.82) is 0 Å². The summed E-state index contributed by atoms with van der Waals surface area (Å²) in [4.78, 5) is 6.71. The van der Waals surface area contributed by atoms with Gasteiger partial charge in [0.1, 0.15) is 0 Å². The van der Waals surface area contributed by atoms with Gasteiger partial charge in [-0.2, -0.15) is 0 Å². The summed E-state index contributed by atoms with van der Waals surface area (Å²) in [5.41, 5.74) is 8.15. The molecule has 0 radical (unpaired) electrons.